The lowest BCUT2D eigenvalue weighted by Gasteiger charge is -2.17. The van der Waals surface area contributed by atoms with E-state index in [-0.39, 0.29) is 22.6 Å². The molecule has 0 aromatic heterocycles. The molecule has 18 heavy (non-hydrogen) atoms. The lowest BCUT2D eigenvalue weighted by Crippen LogP contribution is -2.11. The van der Waals surface area contributed by atoms with Crippen molar-refractivity contribution in [1.29, 1.82) is 0 Å². The maximum atomic E-state index is 11.6. The monoisotopic (exact) mass is 266 g/mol. The van der Waals surface area contributed by atoms with Crippen LogP contribution < -0.4 is 4.74 Å². The van der Waals surface area contributed by atoms with Crippen LogP contribution in [0, 0.1) is 0 Å². The van der Waals surface area contributed by atoms with Crippen LogP contribution in [0.25, 0.3) is 0 Å². The van der Waals surface area contributed by atoms with Gasteiger partial charge in [-0.3, -0.25) is 4.79 Å². The maximum absolute atomic E-state index is 11.6. The summed E-state index contributed by atoms with van der Waals surface area (Å²) in [6, 6.07) is 7.93. The third kappa shape index (κ3) is 2.80. The smallest absolute Gasteiger partial charge is 0.319 e. The van der Waals surface area contributed by atoms with E-state index in [0.717, 1.165) is 17.7 Å². The van der Waals surface area contributed by atoms with Crippen molar-refractivity contribution in [2.45, 2.75) is 36.9 Å². The summed E-state index contributed by atoms with van der Waals surface area (Å²) in [7, 11) is 1.67. The second kappa shape index (κ2) is 5.65. The molecule has 0 spiro atoms. The molecule has 1 fully saturated rings. The fraction of sp³-hybridized carbons (Fsp3) is 0.500. The van der Waals surface area contributed by atoms with Crippen LogP contribution in [-0.2, 0) is 9.53 Å². The van der Waals surface area contributed by atoms with Gasteiger partial charge in [0, 0.05) is 17.2 Å². The highest BCUT2D eigenvalue weighted by Gasteiger charge is 2.34. The Morgan fingerprint density at radius 1 is 1.44 bits per heavy atom. The molecule has 0 unspecified atom stereocenters. The maximum Gasteiger partial charge on any atom is 0.319 e. The van der Waals surface area contributed by atoms with Gasteiger partial charge in [0.2, 0.25) is 0 Å². The summed E-state index contributed by atoms with van der Waals surface area (Å²) in [4.78, 5) is 11.6. The predicted molar refractivity (Wildman–Crippen MR) is 73.0 cm³/mol. The highest BCUT2D eigenvalue weighted by atomic mass is 32.2. The first kappa shape index (κ1) is 13.3. The number of rotatable bonds is 4. The van der Waals surface area contributed by atoms with Crippen molar-refractivity contribution in [3.63, 3.8) is 0 Å². The van der Waals surface area contributed by atoms with Crippen molar-refractivity contribution in [3.8, 4) is 5.75 Å². The predicted octanol–water partition coefficient (Wildman–Crippen LogP) is 3.19. The molecule has 1 heterocycles. The standard InChI is InChI=1S/C14H18O3S/c1-9-8-13(14(15)17-9)18-10(2)11-6-4-5-7-12(11)16-3/h4-7,9-10,13H,8H2,1-3H3/t9-,10+,13-/m1/s1. The van der Waals surface area contributed by atoms with E-state index < -0.39 is 0 Å². The Morgan fingerprint density at radius 2 is 2.17 bits per heavy atom. The highest BCUT2D eigenvalue weighted by molar-refractivity contribution is 8.00. The average Bonchev–Trinajstić information content (AvgIpc) is 2.67. The van der Waals surface area contributed by atoms with E-state index in [2.05, 4.69) is 6.92 Å². The summed E-state index contributed by atoms with van der Waals surface area (Å²) in [5, 5.41) is 0.156. The van der Waals surface area contributed by atoms with Crippen molar-refractivity contribution in [2.24, 2.45) is 0 Å². The molecule has 0 aliphatic carbocycles. The van der Waals surface area contributed by atoms with Gasteiger partial charge in [0.15, 0.2) is 0 Å². The summed E-state index contributed by atoms with van der Waals surface area (Å²) in [5.41, 5.74) is 1.12. The molecule has 1 aromatic rings. The van der Waals surface area contributed by atoms with E-state index in [1.165, 1.54) is 0 Å². The molecule has 0 bridgehead atoms. The van der Waals surface area contributed by atoms with Gasteiger partial charge in [-0.15, -0.1) is 11.8 Å². The number of thioether (sulfide) groups is 1. The van der Waals surface area contributed by atoms with Gasteiger partial charge in [-0.25, -0.2) is 0 Å². The van der Waals surface area contributed by atoms with Crippen LogP contribution in [0.5, 0.6) is 5.75 Å². The van der Waals surface area contributed by atoms with Gasteiger partial charge >= 0.3 is 5.97 Å². The Bertz CT molecular complexity index is 433. The topological polar surface area (TPSA) is 35.5 Å². The third-order valence-corrected chi connectivity index (χ3v) is 4.45. The first-order chi connectivity index (χ1) is 8.61. The van der Waals surface area contributed by atoms with Crippen molar-refractivity contribution in [1.82, 2.24) is 0 Å². The normalized spacial score (nSPS) is 24.7. The molecule has 0 N–H and O–H groups in total. The Kier molecular flexibility index (Phi) is 4.17. The van der Waals surface area contributed by atoms with Gasteiger partial charge in [0.25, 0.3) is 0 Å². The second-order valence-electron chi connectivity index (χ2n) is 4.49. The minimum absolute atomic E-state index is 0.0415. The molecule has 3 nitrogen and oxygen atoms in total. The van der Waals surface area contributed by atoms with Gasteiger partial charge < -0.3 is 9.47 Å². The first-order valence-corrected chi connectivity index (χ1v) is 7.05. The summed E-state index contributed by atoms with van der Waals surface area (Å²) in [6.45, 7) is 4.03. The highest BCUT2D eigenvalue weighted by Crippen LogP contribution is 2.40. The SMILES string of the molecule is COc1ccccc1[C@H](C)S[C@@H]1C[C@@H](C)OC1=O. The fourth-order valence-electron chi connectivity index (χ4n) is 2.15. The fourth-order valence-corrected chi connectivity index (χ4v) is 3.54. The van der Waals surface area contributed by atoms with Crippen molar-refractivity contribution < 1.29 is 14.3 Å². The van der Waals surface area contributed by atoms with E-state index in [0.29, 0.717) is 0 Å². The average molecular weight is 266 g/mol. The van der Waals surface area contributed by atoms with Crippen LogP contribution in [0.15, 0.2) is 24.3 Å². The Balaban J connectivity index is 2.07. The second-order valence-corrected chi connectivity index (χ2v) is 6.04. The lowest BCUT2D eigenvalue weighted by molar-refractivity contribution is -0.140. The number of carbonyl (C=O) groups excluding carboxylic acids is 1. The molecule has 1 aliphatic rings. The molecule has 2 rings (SSSR count). The Morgan fingerprint density at radius 3 is 2.78 bits per heavy atom. The quantitative estimate of drug-likeness (QED) is 0.784. The molecule has 4 heteroatoms. The number of carbonyl (C=O) groups is 1. The van der Waals surface area contributed by atoms with Gasteiger partial charge in [-0.1, -0.05) is 18.2 Å². The van der Waals surface area contributed by atoms with Crippen LogP contribution in [0.1, 0.15) is 31.1 Å². The number of cyclic esters (lactones) is 1. The van der Waals surface area contributed by atoms with E-state index in [1.807, 2.05) is 31.2 Å². The summed E-state index contributed by atoms with van der Waals surface area (Å²) < 4.78 is 10.5. The third-order valence-electron chi connectivity index (χ3n) is 3.07. The Hall–Kier alpha value is -1.16. The summed E-state index contributed by atoms with van der Waals surface area (Å²) in [6.07, 6.45) is 0.836. The number of hydrogen-bond donors (Lipinski definition) is 0. The van der Waals surface area contributed by atoms with Crippen molar-refractivity contribution in [2.75, 3.05) is 7.11 Å². The number of para-hydroxylation sites is 1. The minimum Gasteiger partial charge on any atom is -0.496 e. The van der Waals surface area contributed by atoms with Crippen molar-refractivity contribution in [3.05, 3.63) is 29.8 Å². The molecule has 1 aliphatic heterocycles. The minimum atomic E-state index is -0.0887. The van der Waals surface area contributed by atoms with E-state index >= 15 is 0 Å². The molecule has 0 saturated carbocycles. The van der Waals surface area contributed by atoms with Crippen LogP contribution >= 0.6 is 11.8 Å². The van der Waals surface area contributed by atoms with Crippen LogP contribution in [0.3, 0.4) is 0 Å². The number of methoxy groups -OCH3 is 1. The van der Waals surface area contributed by atoms with Gasteiger partial charge in [0.1, 0.15) is 17.1 Å². The van der Waals surface area contributed by atoms with Gasteiger partial charge in [-0.05, 0) is 19.9 Å². The summed E-state index contributed by atoms with van der Waals surface area (Å²) in [5.74, 6) is 0.783. The molecule has 98 valence electrons. The first-order valence-electron chi connectivity index (χ1n) is 6.10. The molecule has 1 aromatic carbocycles. The lowest BCUT2D eigenvalue weighted by atomic mass is 10.1. The van der Waals surface area contributed by atoms with Crippen LogP contribution in [-0.4, -0.2) is 24.4 Å². The van der Waals surface area contributed by atoms with Gasteiger partial charge in [0.05, 0.1) is 7.11 Å². The number of ether oxygens (including phenoxy) is 2. The van der Waals surface area contributed by atoms with Crippen LogP contribution in [0.2, 0.25) is 0 Å². The summed E-state index contributed by atoms with van der Waals surface area (Å²) >= 11 is 1.65. The van der Waals surface area contributed by atoms with Gasteiger partial charge in [-0.2, -0.15) is 0 Å². The number of esters is 1. The molecule has 3 atom stereocenters. The zero-order valence-corrected chi connectivity index (χ0v) is 11.7. The van der Waals surface area contributed by atoms with E-state index in [4.69, 9.17) is 9.47 Å². The molecule has 0 amide bonds. The van der Waals surface area contributed by atoms with E-state index in [1.54, 1.807) is 18.9 Å². The zero-order chi connectivity index (χ0) is 13.1. The molecule has 1 saturated heterocycles. The zero-order valence-electron chi connectivity index (χ0n) is 10.9. The van der Waals surface area contributed by atoms with E-state index in [9.17, 15) is 4.79 Å². The van der Waals surface area contributed by atoms with Crippen molar-refractivity contribution >= 4 is 17.7 Å². The van der Waals surface area contributed by atoms with Crippen LogP contribution in [0.4, 0.5) is 0 Å². The molecular formula is C14H18O3S. The molecular weight excluding hydrogens is 248 g/mol. The number of benzene rings is 1. The molecule has 0 radical (unpaired) electrons. The largest absolute Gasteiger partial charge is 0.496 e. The number of hydrogen-bond acceptors (Lipinski definition) is 4. The Labute approximate surface area is 112 Å².